The maximum Gasteiger partial charge on any atom is 0.272 e. The first-order valence-electron chi connectivity index (χ1n) is 8.22. The zero-order valence-electron chi connectivity index (χ0n) is 13.3. The number of benzene rings is 1. The van der Waals surface area contributed by atoms with Gasteiger partial charge in [-0.25, -0.2) is 0 Å². The van der Waals surface area contributed by atoms with E-state index < -0.39 is 0 Å². The van der Waals surface area contributed by atoms with Crippen LogP contribution in [-0.4, -0.2) is 35.6 Å². The highest BCUT2D eigenvalue weighted by Gasteiger charge is 2.18. The normalized spacial score (nSPS) is 19.2. The van der Waals surface area contributed by atoms with E-state index in [1.165, 1.54) is 0 Å². The number of hydrogen-bond acceptors (Lipinski definition) is 5. The summed E-state index contributed by atoms with van der Waals surface area (Å²) in [6, 6.07) is 7.75. The molecule has 1 unspecified atom stereocenters. The molecule has 0 saturated carbocycles. The van der Waals surface area contributed by atoms with E-state index in [0.29, 0.717) is 18.3 Å². The maximum absolute atomic E-state index is 12.3. The second kappa shape index (κ2) is 6.52. The smallest absolute Gasteiger partial charge is 0.272 e. The SMILES string of the molecule is O=C(NCc1ccc2c(c1)OCO2)c1ccn(C2CCCNC2)n1. The van der Waals surface area contributed by atoms with Crippen LogP contribution in [-0.2, 0) is 6.54 Å². The Morgan fingerprint density at radius 1 is 1.33 bits per heavy atom. The van der Waals surface area contributed by atoms with Crippen LogP contribution in [0.15, 0.2) is 30.5 Å². The molecule has 0 aliphatic carbocycles. The largest absolute Gasteiger partial charge is 0.454 e. The van der Waals surface area contributed by atoms with Gasteiger partial charge in [-0.3, -0.25) is 9.48 Å². The minimum absolute atomic E-state index is 0.171. The molecule has 1 atom stereocenters. The Morgan fingerprint density at radius 3 is 3.12 bits per heavy atom. The van der Waals surface area contributed by atoms with E-state index in [4.69, 9.17) is 9.47 Å². The summed E-state index contributed by atoms with van der Waals surface area (Å²) in [6.45, 7) is 2.63. The molecule has 24 heavy (non-hydrogen) atoms. The number of carbonyl (C=O) groups excluding carboxylic acids is 1. The molecular formula is C17H20N4O3. The van der Waals surface area contributed by atoms with Crippen molar-refractivity contribution in [3.63, 3.8) is 0 Å². The van der Waals surface area contributed by atoms with Gasteiger partial charge in [0.1, 0.15) is 5.69 Å². The summed E-state index contributed by atoms with van der Waals surface area (Å²) in [6.07, 6.45) is 4.11. The third-order valence-electron chi connectivity index (χ3n) is 4.38. The number of ether oxygens (including phenoxy) is 2. The predicted octanol–water partition coefficient (Wildman–Crippen LogP) is 1.47. The molecule has 1 fully saturated rings. The standard InChI is InChI=1S/C17H20N4O3/c22-17(14-5-7-21(20-14)13-2-1-6-18-10-13)19-9-12-3-4-15-16(8-12)24-11-23-15/h3-5,7-8,13,18H,1-2,6,9-11H2,(H,19,22). The molecule has 2 aliphatic rings. The van der Waals surface area contributed by atoms with Gasteiger partial charge in [-0.2, -0.15) is 5.10 Å². The fraction of sp³-hybridized carbons (Fsp3) is 0.412. The molecule has 2 N–H and O–H groups in total. The number of nitrogens with zero attached hydrogens (tertiary/aromatic N) is 2. The molecule has 1 aromatic carbocycles. The predicted molar refractivity (Wildman–Crippen MR) is 87.1 cm³/mol. The first-order valence-corrected chi connectivity index (χ1v) is 8.22. The van der Waals surface area contributed by atoms with Crippen molar-refractivity contribution < 1.29 is 14.3 Å². The minimum Gasteiger partial charge on any atom is -0.454 e. The summed E-state index contributed by atoms with van der Waals surface area (Å²) in [4.78, 5) is 12.3. The van der Waals surface area contributed by atoms with Crippen LogP contribution >= 0.6 is 0 Å². The van der Waals surface area contributed by atoms with Crippen LogP contribution in [0.5, 0.6) is 11.5 Å². The van der Waals surface area contributed by atoms with Crippen LogP contribution in [0.25, 0.3) is 0 Å². The van der Waals surface area contributed by atoms with Gasteiger partial charge in [-0.05, 0) is 43.1 Å². The minimum atomic E-state index is -0.171. The summed E-state index contributed by atoms with van der Waals surface area (Å²) in [5.41, 5.74) is 1.41. The van der Waals surface area contributed by atoms with Gasteiger partial charge in [-0.1, -0.05) is 6.07 Å². The quantitative estimate of drug-likeness (QED) is 0.889. The van der Waals surface area contributed by atoms with Crippen LogP contribution in [0.4, 0.5) is 0 Å². The third-order valence-corrected chi connectivity index (χ3v) is 4.38. The van der Waals surface area contributed by atoms with Gasteiger partial charge in [0.2, 0.25) is 6.79 Å². The second-order valence-electron chi connectivity index (χ2n) is 6.05. The van der Waals surface area contributed by atoms with E-state index >= 15 is 0 Å². The van der Waals surface area contributed by atoms with Crippen molar-refractivity contribution in [3.8, 4) is 11.5 Å². The Labute approximate surface area is 139 Å². The Balaban J connectivity index is 1.37. The molecule has 3 heterocycles. The van der Waals surface area contributed by atoms with Crippen molar-refractivity contribution in [2.24, 2.45) is 0 Å². The van der Waals surface area contributed by atoms with Crippen molar-refractivity contribution in [2.75, 3.05) is 19.9 Å². The van der Waals surface area contributed by atoms with Gasteiger partial charge >= 0.3 is 0 Å². The highest BCUT2D eigenvalue weighted by molar-refractivity contribution is 5.92. The van der Waals surface area contributed by atoms with Crippen LogP contribution in [0.3, 0.4) is 0 Å². The zero-order valence-corrected chi connectivity index (χ0v) is 13.3. The molecule has 4 rings (SSSR count). The molecule has 1 aromatic heterocycles. The van der Waals surface area contributed by atoms with Gasteiger partial charge in [-0.15, -0.1) is 0 Å². The van der Waals surface area contributed by atoms with Crippen LogP contribution in [0.2, 0.25) is 0 Å². The molecule has 1 amide bonds. The summed E-state index contributed by atoms with van der Waals surface area (Å²) >= 11 is 0. The van der Waals surface area contributed by atoms with Crippen molar-refractivity contribution in [1.29, 1.82) is 0 Å². The lowest BCUT2D eigenvalue weighted by molar-refractivity contribution is 0.0944. The number of aromatic nitrogens is 2. The average molecular weight is 328 g/mol. The molecule has 126 valence electrons. The Hall–Kier alpha value is -2.54. The van der Waals surface area contributed by atoms with Gasteiger partial charge in [0, 0.05) is 19.3 Å². The first kappa shape index (κ1) is 15.0. The fourth-order valence-corrected chi connectivity index (χ4v) is 3.05. The number of fused-ring (bicyclic) bond motifs is 1. The lowest BCUT2D eigenvalue weighted by atomic mass is 10.1. The van der Waals surface area contributed by atoms with Gasteiger partial charge in [0.25, 0.3) is 5.91 Å². The van der Waals surface area contributed by atoms with Crippen LogP contribution in [0.1, 0.15) is 34.9 Å². The van der Waals surface area contributed by atoms with E-state index in [-0.39, 0.29) is 12.7 Å². The molecule has 1 saturated heterocycles. The summed E-state index contributed by atoms with van der Waals surface area (Å²) in [7, 11) is 0. The molecule has 2 aliphatic heterocycles. The topological polar surface area (TPSA) is 77.4 Å². The van der Waals surface area contributed by atoms with Gasteiger partial charge in [0.05, 0.1) is 6.04 Å². The Bertz CT molecular complexity index is 737. The number of rotatable bonds is 4. The van der Waals surface area contributed by atoms with E-state index in [2.05, 4.69) is 15.7 Å². The number of piperidine rings is 1. The molecule has 0 radical (unpaired) electrons. The summed E-state index contributed by atoms with van der Waals surface area (Å²) in [5.74, 6) is 1.29. The molecule has 7 nitrogen and oxygen atoms in total. The van der Waals surface area contributed by atoms with Crippen molar-refractivity contribution in [3.05, 3.63) is 41.7 Å². The van der Waals surface area contributed by atoms with E-state index in [0.717, 1.165) is 43.0 Å². The van der Waals surface area contributed by atoms with E-state index in [1.54, 1.807) is 6.07 Å². The summed E-state index contributed by atoms with van der Waals surface area (Å²) in [5, 5.41) is 10.7. The van der Waals surface area contributed by atoms with Gasteiger partial charge < -0.3 is 20.1 Å². The van der Waals surface area contributed by atoms with Crippen molar-refractivity contribution in [2.45, 2.75) is 25.4 Å². The monoisotopic (exact) mass is 328 g/mol. The van der Waals surface area contributed by atoms with Crippen molar-refractivity contribution >= 4 is 5.91 Å². The number of amides is 1. The highest BCUT2D eigenvalue weighted by atomic mass is 16.7. The van der Waals surface area contributed by atoms with E-state index in [1.807, 2.05) is 29.1 Å². The molecule has 7 heteroatoms. The van der Waals surface area contributed by atoms with Gasteiger partial charge in [0.15, 0.2) is 11.5 Å². The van der Waals surface area contributed by atoms with Crippen LogP contribution in [0, 0.1) is 0 Å². The first-order chi connectivity index (χ1) is 11.8. The van der Waals surface area contributed by atoms with Crippen molar-refractivity contribution in [1.82, 2.24) is 20.4 Å². The zero-order chi connectivity index (χ0) is 16.4. The number of hydrogen-bond donors (Lipinski definition) is 2. The summed E-state index contributed by atoms with van der Waals surface area (Å²) < 4.78 is 12.5. The third kappa shape index (κ3) is 3.07. The second-order valence-corrected chi connectivity index (χ2v) is 6.05. The Morgan fingerprint density at radius 2 is 2.25 bits per heavy atom. The lowest BCUT2D eigenvalue weighted by Crippen LogP contribution is -2.32. The molecular weight excluding hydrogens is 308 g/mol. The molecule has 2 aromatic rings. The molecule has 0 bridgehead atoms. The molecule has 0 spiro atoms. The fourth-order valence-electron chi connectivity index (χ4n) is 3.05. The van der Waals surface area contributed by atoms with E-state index in [9.17, 15) is 4.79 Å². The highest BCUT2D eigenvalue weighted by Crippen LogP contribution is 2.32. The van der Waals surface area contributed by atoms with Crippen LogP contribution < -0.4 is 20.1 Å². The number of nitrogens with one attached hydrogen (secondary N) is 2. The Kier molecular flexibility index (Phi) is 4.08. The average Bonchev–Trinajstić information content (AvgIpc) is 3.29. The maximum atomic E-state index is 12.3. The number of carbonyl (C=O) groups is 1. The lowest BCUT2D eigenvalue weighted by Gasteiger charge is -2.22.